The van der Waals surface area contributed by atoms with Crippen molar-refractivity contribution in [1.82, 2.24) is 9.97 Å². The Morgan fingerprint density at radius 1 is 1.33 bits per heavy atom. The standard InChI is InChI=1S/C12H8N4O2/c17-16(18)10-4-1-3-9(7-10)11-8-15-6-2-5-13-12(15)14-11/h1-8H/p+1. The molecule has 0 unspecified atom stereocenters. The molecule has 0 atom stereocenters. The van der Waals surface area contributed by atoms with Crippen LogP contribution in [0.4, 0.5) is 5.69 Å². The van der Waals surface area contributed by atoms with Crippen LogP contribution in [0.15, 0.2) is 48.9 Å². The molecule has 2 heterocycles. The van der Waals surface area contributed by atoms with E-state index in [9.17, 15) is 10.1 Å². The summed E-state index contributed by atoms with van der Waals surface area (Å²) < 4.78 is 1.83. The molecule has 0 spiro atoms. The van der Waals surface area contributed by atoms with E-state index in [1.54, 1.807) is 12.3 Å². The maximum Gasteiger partial charge on any atom is 0.401 e. The fraction of sp³-hybridized carbons (Fsp3) is 0. The molecule has 3 aromatic rings. The summed E-state index contributed by atoms with van der Waals surface area (Å²) in [6.07, 6.45) is 5.39. The highest BCUT2D eigenvalue weighted by atomic mass is 16.6. The maximum atomic E-state index is 10.7. The second-order valence-corrected chi connectivity index (χ2v) is 3.83. The maximum absolute atomic E-state index is 10.7. The summed E-state index contributed by atoms with van der Waals surface area (Å²) in [7, 11) is 0. The van der Waals surface area contributed by atoms with Crippen LogP contribution in [-0.4, -0.2) is 14.9 Å². The predicted molar refractivity (Wildman–Crippen MR) is 63.8 cm³/mol. The lowest BCUT2D eigenvalue weighted by atomic mass is 10.1. The summed E-state index contributed by atoms with van der Waals surface area (Å²) in [6.45, 7) is 0. The number of nitro groups is 1. The fourth-order valence-electron chi connectivity index (χ4n) is 1.81. The molecule has 0 aliphatic heterocycles. The van der Waals surface area contributed by atoms with Gasteiger partial charge in [0.05, 0.1) is 11.1 Å². The van der Waals surface area contributed by atoms with Crippen molar-refractivity contribution in [2.75, 3.05) is 0 Å². The van der Waals surface area contributed by atoms with Crippen LogP contribution < -0.4 is 4.40 Å². The lowest BCUT2D eigenvalue weighted by Gasteiger charge is -1.94. The van der Waals surface area contributed by atoms with Gasteiger partial charge < -0.3 is 0 Å². The van der Waals surface area contributed by atoms with Crippen molar-refractivity contribution >= 4 is 11.5 Å². The molecule has 3 rings (SSSR count). The lowest BCUT2D eigenvalue weighted by molar-refractivity contribution is -0.512. The number of aromatic amines is 1. The first kappa shape index (κ1) is 10.4. The van der Waals surface area contributed by atoms with E-state index in [0.29, 0.717) is 5.78 Å². The van der Waals surface area contributed by atoms with Crippen LogP contribution in [0.1, 0.15) is 0 Å². The van der Waals surface area contributed by atoms with Crippen molar-refractivity contribution in [3.8, 4) is 11.3 Å². The fourth-order valence-corrected chi connectivity index (χ4v) is 1.81. The van der Waals surface area contributed by atoms with Gasteiger partial charge in [0.2, 0.25) is 0 Å². The van der Waals surface area contributed by atoms with Crippen molar-refractivity contribution in [3.05, 3.63) is 59.0 Å². The zero-order chi connectivity index (χ0) is 12.5. The molecule has 1 N–H and O–H groups in total. The van der Waals surface area contributed by atoms with Gasteiger partial charge in [-0.25, -0.2) is 9.38 Å². The number of nitro benzene ring substituents is 1. The van der Waals surface area contributed by atoms with Gasteiger partial charge in [-0.1, -0.05) is 17.1 Å². The molecule has 6 nitrogen and oxygen atoms in total. The van der Waals surface area contributed by atoms with Gasteiger partial charge in [0.25, 0.3) is 5.69 Å². The largest absolute Gasteiger partial charge is 0.401 e. The molecule has 0 radical (unpaired) electrons. The highest BCUT2D eigenvalue weighted by molar-refractivity contribution is 5.62. The molecule has 88 valence electrons. The van der Waals surface area contributed by atoms with Gasteiger partial charge in [-0.05, 0) is 0 Å². The van der Waals surface area contributed by atoms with Crippen LogP contribution in [0.2, 0.25) is 0 Å². The Hall–Kier alpha value is -2.76. The molecule has 0 amide bonds. The van der Waals surface area contributed by atoms with E-state index >= 15 is 0 Å². The molecule has 0 bridgehead atoms. The van der Waals surface area contributed by atoms with E-state index in [0.717, 1.165) is 11.3 Å². The SMILES string of the molecule is O=[N+]([O-])c1cccc(-c2c[n+]3cccnc3[nH]2)c1. The lowest BCUT2D eigenvalue weighted by Crippen LogP contribution is -2.17. The van der Waals surface area contributed by atoms with Crippen LogP contribution in [0.5, 0.6) is 0 Å². The third-order valence-corrected chi connectivity index (χ3v) is 2.66. The van der Waals surface area contributed by atoms with E-state index in [1.165, 1.54) is 12.1 Å². The summed E-state index contributed by atoms with van der Waals surface area (Å²) in [5, 5.41) is 10.7. The zero-order valence-corrected chi connectivity index (χ0v) is 9.28. The van der Waals surface area contributed by atoms with Crippen molar-refractivity contribution in [2.24, 2.45) is 0 Å². The van der Waals surface area contributed by atoms with E-state index < -0.39 is 4.92 Å². The topological polar surface area (TPSA) is 75.9 Å². The highest BCUT2D eigenvalue weighted by Crippen LogP contribution is 2.21. The second kappa shape index (κ2) is 3.92. The molecule has 2 aromatic heterocycles. The smallest absolute Gasteiger partial charge is 0.258 e. The first-order valence-electron chi connectivity index (χ1n) is 5.34. The minimum absolute atomic E-state index is 0.0733. The Bertz CT molecular complexity index is 703. The van der Waals surface area contributed by atoms with E-state index in [-0.39, 0.29) is 5.69 Å². The minimum atomic E-state index is -0.405. The number of hydrogen-bond acceptors (Lipinski definition) is 3. The van der Waals surface area contributed by atoms with Gasteiger partial charge >= 0.3 is 5.78 Å². The van der Waals surface area contributed by atoms with Crippen LogP contribution in [0.3, 0.4) is 0 Å². The van der Waals surface area contributed by atoms with Crippen LogP contribution in [-0.2, 0) is 0 Å². The average molecular weight is 241 g/mol. The molecular formula is C12H9N4O2+. The minimum Gasteiger partial charge on any atom is -0.258 e. The van der Waals surface area contributed by atoms with Gasteiger partial charge in [-0.2, -0.15) is 0 Å². The summed E-state index contributed by atoms with van der Waals surface area (Å²) in [5.74, 6) is 0.694. The predicted octanol–water partition coefficient (Wildman–Crippen LogP) is 1.72. The Morgan fingerprint density at radius 2 is 2.22 bits per heavy atom. The molecule has 0 saturated heterocycles. The van der Waals surface area contributed by atoms with Gasteiger partial charge in [0, 0.05) is 23.8 Å². The Kier molecular flexibility index (Phi) is 2.26. The summed E-state index contributed by atoms with van der Waals surface area (Å²) in [6, 6.07) is 8.30. The van der Waals surface area contributed by atoms with Gasteiger partial charge in [0.15, 0.2) is 0 Å². The van der Waals surface area contributed by atoms with E-state index in [2.05, 4.69) is 9.97 Å². The van der Waals surface area contributed by atoms with Crippen LogP contribution in [0.25, 0.3) is 17.0 Å². The molecule has 0 aliphatic carbocycles. The molecule has 6 heteroatoms. The number of non-ortho nitro benzene ring substituents is 1. The Labute approximate surface area is 102 Å². The molecular weight excluding hydrogens is 232 g/mol. The molecule has 0 fully saturated rings. The van der Waals surface area contributed by atoms with Gasteiger partial charge in [-0.15, -0.1) is 0 Å². The van der Waals surface area contributed by atoms with Crippen molar-refractivity contribution in [3.63, 3.8) is 0 Å². The molecule has 1 aromatic carbocycles. The van der Waals surface area contributed by atoms with Crippen molar-refractivity contribution in [1.29, 1.82) is 0 Å². The normalized spacial score (nSPS) is 10.7. The first-order valence-corrected chi connectivity index (χ1v) is 5.34. The number of nitrogens with zero attached hydrogens (tertiary/aromatic N) is 3. The average Bonchev–Trinajstić information content (AvgIpc) is 2.82. The quantitative estimate of drug-likeness (QED) is 0.421. The van der Waals surface area contributed by atoms with Gasteiger partial charge in [0.1, 0.15) is 18.1 Å². The number of nitrogens with one attached hydrogen (secondary N) is 1. The number of aromatic nitrogens is 3. The number of benzene rings is 1. The van der Waals surface area contributed by atoms with Crippen molar-refractivity contribution in [2.45, 2.75) is 0 Å². The van der Waals surface area contributed by atoms with Crippen LogP contribution in [0, 0.1) is 10.1 Å². The number of rotatable bonds is 2. The first-order chi connectivity index (χ1) is 8.74. The van der Waals surface area contributed by atoms with Crippen LogP contribution >= 0.6 is 0 Å². The van der Waals surface area contributed by atoms with Crippen molar-refractivity contribution < 1.29 is 9.32 Å². The third kappa shape index (κ3) is 1.69. The molecule has 0 aliphatic rings. The number of fused-ring (bicyclic) bond motifs is 1. The summed E-state index contributed by atoms with van der Waals surface area (Å²) in [4.78, 5) is 17.6. The molecule has 0 saturated carbocycles. The summed E-state index contributed by atoms with van der Waals surface area (Å²) >= 11 is 0. The number of hydrogen-bond donors (Lipinski definition) is 1. The van der Waals surface area contributed by atoms with E-state index in [1.807, 2.05) is 28.9 Å². The molecule has 18 heavy (non-hydrogen) atoms. The Balaban J connectivity index is 2.13. The second-order valence-electron chi connectivity index (χ2n) is 3.83. The Morgan fingerprint density at radius 3 is 3.00 bits per heavy atom. The third-order valence-electron chi connectivity index (χ3n) is 2.66. The zero-order valence-electron chi connectivity index (χ0n) is 9.28. The monoisotopic (exact) mass is 241 g/mol. The number of H-pyrrole nitrogens is 1. The highest BCUT2D eigenvalue weighted by Gasteiger charge is 2.13. The summed E-state index contributed by atoms with van der Waals surface area (Å²) in [5.41, 5.74) is 1.62. The number of imidazole rings is 1. The van der Waals surface area contributed by atoms with E-state index in [4.69, 9.17) is 0 Å². The van der Waals surface area contributed by atoms with Gasteiger partial charge in [-0.3, -0.25) is 10.1 Å².